The molecule has 38 heavy (non-hydrogen) atoms. The number of nitrogen functional groups attached to an aromatic ring is 1. The van der Waals surface area contributed by atoms with Crippen LogP contribution in [0.2, 0.25) is 10.0 Å². The van der Waals surface area contributed by atoms with E-state index in [4.69, 9.17) is 43.5 Å². The summed E-state index contributed by atoms with van der Waals surface area (Å²) in [5.74, 6) is 1.06. The van der Waals surface area contributed by atoms with Gasteiger partial charge in [0.05, 0.1) is 18.5 Å². The molecule has 1 aliphatic heterocycles. The van der Waals surface area contributed by atoms with Gasteiger partial charge in [0, 0.05) is 51.1 Å². The lowest BCUT2D eigenvalue weighted by Gasteiger charge is -2.31. The first-order valence-corrected chi connectivity index (χ1v) is 12.8. The van der Waals surface area contributed by atoms with Crippen molar-refractivity contribution in [2.45, 2.75) is 32.9 Å². The average molecular weight is 551 g/mol. The fraction of sp³-hybridized carbons (Fsp3) is 0.241. The number of aromatic nitrogens is 2. The molecule has 0 spiro atoms. The molecule has 4 aromatic rings. The number of carbonyl (C=O) groups excluding carboxylic acids is 1. The van der Waals surface area contributed by atoms with E-state index in [0.717, 1.165) is 22.4 Å². The third-order valence-corrected chi connectivity index (χ3v) is 7.18. The molecule has 1 aromatic heterocycles. The second-order valence-electron chi connectivity index (χ2n) is 10.2. The Kier molecular flexibility index (Phi) is 6.53. The summed E-state index contributed by atoms with van der Waals surface area (Å²) in [5, 5.41) is 5.73. The Bertz CT molecular complexity index is 1540. The molecule has 2 N–H and O–H groups in total. The van der Waals surface area contributed by atoms with Crippen molar-refractivity contribution in [1.82, 2.24) is 14.7 Å². The normalized spacial score (nSPS) is 12.4. The summed E-state index contributed by atoms with van der Waals surface area (Å²) < 4.78 is 13.6. The molecule has 0 bridgehead atoms. The number of carbonyl (C=O) groups is 1. The molecule has 0 unspecified atom stereocenters. The Labute approximate surface area is 231 Å². The molecule has 0 saturated carbocycles. The highest BCUT2D eigenvalue weighted by Gasteiger charge is 2.34. The van der Waals surface area contributed by atoms with Gasteiger partial charge in [0.1, 0.15) is 18.1 Å². The zero-order valence-electron chi connectivity index (χ0n) is 21.8. The Morgan fingerprint density at radius 1 is 1.05 bits per heavy atom. The van der Waals surface area contributed by atoms with E-state index in [9.17, 15) is 4.79 Å². The van der Waals surface area contributed by atoms with Gasteiger partial charge in [-0.15, -0.1) is 0 Å². The van der Waals surface area contributed by atoms with Crippen molar-refractivity contribution in [3.63, 3.8) is 0 Å². The second-order valence-corrected chi connectivity index (χ2v) is 11.1. The lowest BCUT2D eigenvalue weighted by Crippen LogP contribution is -2.43. The summed E-state index contributed by atoms with van der Waals surface area (Å²) in [6.45, 7) is 6.09. The summed E-state index contributed by atoms with van der Waals surface area (Å²) in [4.78, 5) is 15.4. The minimum absolute atomic E-state index is 0.167. The lowest BCUT2D eigenvalue weighted by molar-refractivity contribution is 0.0646. The molecule has 0 fully saturated rings. The summed E-state index contributed by atoms with van der Waals surface area (Å²) in [6.07, 6.45) is 0. The molecule has 0 aliphatic carbocycles. The van der Waals surface area contributed by atoms with Gasteiger partial charge in [-0.3, -0.25) is 4.79 Å². The average Bonchev–Trinajstić information content (AvgIpc) is 3.26. The molecule has 7 nitrogen and oxygen atoms in total. The van der Waals surface area contributed by atoms with E-state index in [-0.39, 0.29) is 12.5 Å². The standard InChI is InChI=1S/C29H28Cl2N4O3/c1-29(2,3)34(4)28(36)26-23-15-38-25-14-24(37-5)21(16-6-8-19(32)9-7-16)13-22(25)27(23)35(33-26)20-11-17(30)10-18(31)12-20/h6-14H,15,32H2,1-5H3. The van der Waals surface area contributed by atoms with E-state index in [1.165, 1.54) is 0 Å². The second kappa shape index (κ2) is 9.57. The molecular weight excluding hydrogens is 523 g/mol. The van der Waals surface area contributed by atoms with Crippen LogP contribution in [0.15, 0.2) is 54.6 Å². The predicted octanol–water partition coefficient (Wildman–Crippen LogP) is 6.87. The largest absolute Gasteiger partial charge is 0.496 e. The summed E-state index contributed by atoms with van der Waals surface area (Å²) in [5.41, 5.74) is 11.1. The van der Waals surface area contributed by atoms with Crippen LogP contribution < -0.4 is 15.2 Å². The predicted molar refractivity (Wildman–Crippen MR) is 152 cm³/mol. The van der Waals surface area contributed by atoms with Gasteiger partial charge in [0.15, 0.2) is 5.69 Å². The van der Waals surface area contributed by atoms with E-state index in [1.807, 2.05) is 57.2 Å². The number of methoxy groups -OCH3 is 1. The van der Waals surface area contributed by atoms with E-state index < -0.39 is 5.54 Å². The SMILES string of the molecule is COc1cc2c(cc1-c1ccc(N)cc1)-c1c(c(C(=O)N(C)C(C)(C)C)nn1-c1cc(Cl)cc(Cl)c1)CO2. The maximum absolute atomic E-state index is 13.7. The molecule has 5 rings (SSSR count). The summed E-state index contributed by atoms with van der Waals surface area (Å²) >= 11 is 12.7. The quantitative estimate of drug-likeness (QED) is 0.280. The van der Waals surface area contributed by atoms with Gasteiger partial charge in [-0.1, -0.05) is 35.3 Å². The maximum atomic E-state index is 13.7. The van der Waals surface area contributed by atoms with Crippen LogP contribution in [0.1, 0.15) is 36.8 Å². The minimum atomic E-state index is -0.407. The summed E-state index contributed by atoms with van der Waals surface area (Å²) in [7, 11) is 3.39. The molecule has 1 amide bonds. The van der Waals surface area contributed by atoms with Gasteiger partial charge >= 0.3 is 0 Å². The highest BCUT2D eigenvalue weighted by atomic mass is 35.5. The zero-order valence-corrected chi connectivity index (χ0v) is 23.3. The van der Waals surface area contributed by atoms with Crippen LogP contribution in [-0.4, -0.2) is 40.3 Å². The van der Waals surface area contributed by atoms with Gasteiger partial charge < -0.3 is 20.1 Å². The number of anilines is 1. The Hall–Kier alpha value is -3.68. The number of hydrogen-bond donors (Lipinski definition) is 1. The van der Waals surface area contributed by atoms with Gasteiger partial charge in [-0.2, -0.15) is 5.10 Å². The van der Waals surface area contributed by atoms with Crippen molar-refractivity contribution in [2.75, 3.05) is 19.9 Å². The number of halogens is 2. The van der Waals surface area contributed by atoms with E-state index in [2.05, 4.69) is 0 Å². The highest BCUT2D eigenvalue weighted by molar-refractivity contribution is 6.34. The Morgan fingerprint density at radius 3 is 2.32 bits per heavy atom. The van der Waals surface area contributed by atoms with Crippen LogP contribution in [0.4, 0.5) is 5.69 Å². The van der Waals surface area contributed by atoms with Crippen molar-refractivity contribution in [3.05, 3.63) is 75.9 Å². The topological polar surface area (TPSA) is 82.6 Å². The third kappa shape index (κ3) is 4.57. The van der Waals surface area contributed by atoms with Crippen LogP contribution in [-0.2, 0) is 6.61 Å². The maximum Gasteiger partial charge on any atom is 0.274 e. The van der Waals surface area contributed by atoms with Crippen molar-refractivity contribution in [2.24, 2.45) is 0 Å². The van der Waals surface area contributed by atoms with Gasteiger partial charge in [0.2, 0.25) is 0 Å². The lowest BCUT2D eigenvalue weighted by atomic mass is 9.95. The van der Waals surface area contributed by atoms with Crippen LogP contribution in [0.5, 0.6) is 11.5 Å². The molecule has 9 heteroatoms. The molecule has 0 radical (unpaired) electrons. The molecule has 0 saturated heterocycles. The van der Waals surface area contributed by atoms with Crippen LogP contribution in [0, 0.1) is 0 Å². The molecule has 0 atom stereocenters. The number of benzene rings is 3. The minimum Gasteiger partial charge on any atom is -0.496 e. The molecule has 196 valence electrons. The first-order chi connectivity index (χ1) is 18.0. The first kappa shape index (κ1) is 25.9. The molecule has 1 aliphatic rings. The number of amides is 1. The molecule has 3 aromatic carbocycles. The van der Waals surface area contributed by atoms with Crippen molar-refractivity contribution in [1.29, 1.82) is 0 Å². The van der Waals surface area contributed by atoms with E-state index in [0.29, 0.717) is 44.2 Å². The number of fused-ring (bicyclic) bond motifs is 3. The van der Waals surface area contributed by atoms with Crippen molar-refractivity contribution in [3.8, 4) is 39.6 Å². The monoisotopic (exact) mass is 550 g/mol. The number of ether oxygens (including phenoxy) is 2. The van der Waals surface area contributed by atoms with Crippen LogP contribution >= 0.6 is 23.2 Å². The van der Waals surface area contributed by atoms with Gasteiger partial charge in [-0.05, 0) is 62.7 Å². The van der Waals surface area contributed by atoms with E-state index in [1.54, 1.807) is 41.9 Å². The van der Waals surface area contributed by atoms with Gasteiger partial charge in [-0.25, -0.2) is 4.68 Å². The first-order valence-electron chi connectivity index (χ1n) is 12.1. The number of hydrogen-bond acceptors (Lipinski definition) is 5. The van der Waals surface area contributed by atoms with Crippen molar-refractivity contribution < 1.29 is 14.3 Å². The summed E-state index contributed by atoms with van der Waals surface area (Å²) in [6, 6.07) is 16.6. The number of nitrogens with two attached hydrogens (primary N) is 1. The molecular formula is C29H28Cl2N4O3. The number of nitrogens with zero attached hydrogens (tertiary/aromatic N) is 3. The smallest absolute Gasteiger partial charge is 0.274 e. The third-order valence-electron chi connectivity index (χ3n) is 6.74. The zero-order chi connectivity index (χ0) is 27.4. The molecule has 2 heterocycles. The highest BCUT2D eigenvalue weighted by Crippen LogP contribution is 2.46. The fourth-order valence-corrected chi connectivity index (χ4v) is 4.93. The Balaban J connectivity index is 1.79. The number of rotatable bonds is 4. The van der Waals surface area contributed by atoms with E-state index >= 15 is 0 Å². The van der Waals surface area contributed by atoms with Crippen molar-refractivity contribution >= 4 is 34.8 Å². The van der Waals surface area contributed by atoms with Gasteiger partial charge in [0.25, 0.3) is 5.91 Å². The van der Waals surface area contributed by atoms with Crippen LogP contribution in [0.25, 0.3) is 28.1 Å². The van der Waals surface area contributed by atoms with Crippen LogP contribution in [0.3, 0.4) is 0 Å². The Morgan fingerprint density at radius 2 is 1.71 bits per heavy atom. The fourth-order valence-electron chi connectivity index (χ4n) is 4.42.